The van der Waals surface area contributed by atoms with Gasteiger partial charge in [0.05, 0.1) is 0 Å². The van der Waals surface area contributed by atoms with E-state index in [1.165, 1.54) is 0 Å². The third-order valence-corrected chi connectivity index (χ3v) is 5.07. The normalized spacial score (nSPS) is 24.9. The van der Waals surface area contributed by atoms with Gasteiger partial charge < -0.3 is 15.4 Å². The Morgan fingerprint density at radius 1 is 1.27 bits per heavy atom. The zero-order chi connectivity index (χ0) is 16.5. The molecule has 0 aromatic carbocycles. The van der Waals surface area contributed by atoms with Crippen LogP contribution >= 0.6 is 25.3 Å². The quantitative estimate of drug-likeness (QED) is 0.531. The Morgan fingerprint density at radius 3 is 2.55 bits per heavy atom. The Balaban J connectivity index is 2.46. The van der Waals surface area contributed by atoms with Crippen LogP contribution in [0.2, 0.25) is 0 Å². The first-order valence-electron chi connectivity index (χ1n) is 7.50. The van der Waals surface area contributed by atoms with Crippen molar-refractivity contribution in [1.29, 1.82) is 0 Å². The summed E-state index contributed by atoms with van der Waals surface area (Å²) >= 11 is 8.41. The molecule has 8 heteroatoms. The van der Waals surface area contributed by atoms with E-state index in [0.717, 1.165) is 12.8 Å². The average Bonchev–Trinajstić information content (AvgIpc) is 2.48. The van der Waals surface area contributed by atoms with Crippen LogP contribution in [0.5, 0.6) is 0 Å². The van der Waals surface area contributed by atoms with Gasteiger partial charge in [-0.15, -0.1) is 0 Å². The van der Waals surface area contributed by atoms with Crippen LogP contribution in [-0.4, -0.2) is 42.5 Å². The lowest BCUT2D eigenvalue weighted by atomic mass is 9.82. The second kappa shape index (κ2) is 10.2. The Hall–Kier alpha value is -0.630. The molecule has 1 aliphatic rings. The monoisotopic (exact) mass is 352 g/mol. The molecule has 0 radical (unpaired) electrons. The molecule has 2 amide bonds. The number of hydrogen-bond donors (Lipinski definition) is 4. The van der Waals surface area contributed by atoms with Gasteiger partial charge in [0.2, 0.25) is 12.8 Å². The molecule has 1 saturated carbocycles. The molecule has 1 fully saturated rings. The molecule has 3 atom stereocenters. The molecule has 0 aromatic rings. The summed E-state index contributed by atoms with van der Waals surface area (Å²) < 4.78 is 16.2. The fraction of sp³-hybridized carbons (Fsp3) is 0.857. The lowest BCUT2D eigenvalue weighted by Crippen LogP contribution is -2.49. The van der Waals surface area contributed by atoms with Gasteiger partial charge in [-0.1, -0.05) is 6.92 Å². The summed E-state index contributed by atoms with van der Waals surface area (Å²) in [6.07, 6.45) is 1.95. The van der Waals surface area contributed by atoms with E-state index in [9.17, 15) is 14.0 Å². The highest BCUT2D eigenvalue weighted by molar-refractivity contribution is 7.81. The number of halogens is 1. The number of amides is 2. The van der Waals surface area contributed by atoms with Crippen LogP contribution in [0.3, 0.4) is 0 Å². The summed E-state index contributed by atoms with van der Waals surface area (Å²) in [4.78, 5) is 23.3. The van der Waals surface area contributed by atoms with E-state index in [1.54, 1.807) is 0 Å². The minimum absolute atomic E-state index is 0.00240. The summed E-state index contributed by atoms with van der Waals surface area (Å²) in [5.74, 6) is 1.72. The van der Waals surface area contributed by atoms with Crippen LogP contribution in [0.1, 0.15) is 32.6 Å². The van der Waals surface area contributed by atoms with Crippen molar-refractivity contribution in [3.8, 4) is 0 Å². The zero-order valence-electron chi connectivity index (χ0n) is 12.8. The van der Waals surface area contributed by atoms with Crippen molar-refractivity contribution in [2.45, 2.75) is 44.7 Å². The average molecular weight is 352 g/mol. The second-order valence-electron chi connectivity index (χ2n) is 5.78. The van der Waals surface area contributed by atoms with E-state index in [0.29, 0.717) is 30.3 Å². The molecule has 0 aliphatic heterocycles. The molecular formula is C14H25FN2O3S2. The number of alkyl halides is 1. The molecule has 1 rings (SSSR count). The summed E-state index contributed by atoms with van der Waals surface area (Å²) in [6, 6.07) is -0.108. The molecule has 2 N–H and O–H groups in total. The smallest absolute Gasteiger partial charge is 0.409 e. The lowest BCUT2D eigenvalue weighted by Gasteiger charge is -2.35. The summed E-state index contributed by atoms with van der Waals surface area (Å²) in [7, 11) is 0. The fourth-order valence-electron chi connectivity index (χ4n) is 2.63. The van der Waals surface area contributed by atoms with Crippen LogP contribution in [0.15, 0.2) is 0 Å². The molecule has 22 heavy (non-hydrogen) atoms. The van der Waals surface area contributed by atoms with E-state index < -0.39 is 13.0 Å². The van der Waals surface area contributed by atoms with Crippen molar-refractivity contribution >= 4 is 37.3 Å². The molecular weight excluding hydrogens is 327 g/mol. The maximum atomic E-state index is 12.1. The molecule has 0 saturated heterocycles. The third kappa shape index (κ3) is 6.64. The number of nitrogens with one attached hydrogen (secondary N) is 2. The minimum atomic E-state index is -1.13. The van der Waals surface area contributed by atoms with Crippen LogP contribution in [0, 0.1) is 11.8 Å². The summed E-state index contributed by atoms with van der Waals surface area (Å²) in [5, 5.41) is 5.66. The van der Waals surface area contributed by atoms with E-state index in [-0.39, 0.29) is 23.9 Å². The number of ether oxygens (including phenoxy) is 1. The van der Waals surface area contributed by atoms with Gasteiger partial charge in [-0.25, -0.2) is 9.18 Å². The number of rotatable bonds is 7. The van der Waals surface area contributed by atoms with Crippen molar-refractivity contribution in [2.75, 3.05) is 18.4 Å². The Morgan fingerprint density at radius 2 is 1.95 bits per heavy atom. The van der Waals surface area contributed by atoms with Crippen LogP contribution in [-0.2, 0) is 9.53 Å². The van der Waals surface area contributed by atoms with Crippen LogP contribution in [0.25, 0.3) is 0 Å². The third-order valence-electron chi connectivity index (χ3n) is 4.04. The highest BCUT2D eigenvalue weighted by Gasteiger charge is 2.30. The molecule has 0 heterocycles. The number of thiol groups is 2. The first kappa shape index (κ1) is 19.4. The highest BCUT2D eigenvalue weighted by atomic mass is 32.1. The van der Waals surface area contributed by atoms with Gasteiger partial charge in [0, 0.05) is 18.5 Å². The fourth-order valence-corrected chi connectivity index (χ4v) is 3.35. The molecule has 3 unspecified atom stereocenters. The lowest BCUT2D eigenvalue weighted by molar-refractivity contribution is -0.123. The van der Waals surface area contributed by atoms with Crippen molar-refractivity contribution in [3.63, 3.8) is 0 Å². The van der Waals surface area contributed by atoms with Gasteiger partial charge in [-0.05, 0) is 42.6 Å². The Labute approximate surface area is 141 Å². The van der Waals surface area contributed by atoms with Crippen LogP contribution in [0.4, 0.5) is 9.18 Å². The second-order valence-corrected chi connectivity index (χ2v) is 6.51. The Kier molecular flexibility index (Phi) is 9.00. The number of hydrogen-bond acceptors (Lipinski definition) is 5. The van der Waals surface area contributed by atoms with Gasteiger partial charge in [0.1, 0.15) is 0 Å². The molecule has 128 valence electrons. The van der Waals surface area contributed by atoms with Gasteiger partial charge in [-0.3, -0.25) is 4.79 Å². The van der Waals surface area contributed by atoms with E-state index in [2.05, 4.69) is 47.6 Å². The maximum absolute atomic E-state index is 12.1. The predicted octanol–water partition coefficient (Wildman–Crippen LogP) is 2.18. The van der Waals surface area contributed by atoms with Crippen LogP contribution < -0.4 is 10.6 Å². The van der Waals surface area contributed by atoms with Crippen molar-refractivity contribution < 1.29 is 18.7 Å². The maximum Gasteiger partial charge on any atom is 0.409 e. The number of carbonyl (C=O) groups excluding carboxylic acids is 2. The van der Waals surface area contributed by atoms with Gasteiger partial charge in [-0.2, -0.15) is 25.3 Å². The summed E-state index contributed by atoms with van der Waals surface area (Å²) in [6.45, 7) is 0.944. The molecule has 0 aromatic heterocycles. The van der Waals surface area contributed by atoms with Crippen molar-refractivity contribution in [2.24, 2.45) is 11.8 Å². The highest BCUT2D eigenvalue weighted by Crippen LogP contribution is 2.25. The zero-order valence-corrected chi connectivity index (χ0v) is 14.5. The van der Waals surface area contributed by atoms with E-state index >= 15 is 0 Å². The van der Waals surface area contributed by atoms with E-state index in [4.69, 9.17) is 0 Å². The van der Waals surface area contributed by atoms with Crippen molar-refractivity contribution in [3.05, 3.63) is 0 Å². The van der Waals surface area contributed by atoms with Gasteiger partial charge in [0.25, 0.3) is 0 Å². The topological polar surface area (TPSA) is 67.4 Å². The van der Waals surface area contributed by atoms with E-state index in [1.807, 2.05) is 0 Å². The molecule has 0 bridgehead atoms. The standard InChI is InChI=1S/C14H25FN2O3S2/c1-9-2-3-11(16-14(19)20-8-15)5-12(9)17-13(18)4-10(6-21)7-22/h9-12,21-22H,2-8H2,1H3,(H,16,19)(H,17,18). The molecule has 0 spiro atoms. The minimum Gasteiger partial charge on any atom is -0.418 e. The Bertz CT molecular complexity index is 370. The number of alkyl carbamates (subject to hydrolysis) is 1. The number of carbonyl (C=O) groups is 2. The SMILES string of the molecule is CC1CCC(NC(=O)OCF)CC1NC(=O)CC(CS)CS. The first-order chi connectivity index (χ1) is 10.5. The van der Waals surface area contributed by atoms with Gasteiger partial charge >= 0.3 is 6.09 Å². The first-order valence-corrected chi connectivity index (χ1v) is 8.77. The van der Waals surface area contributed by atoms with Crippen molar-refractivity contribution in [1.82, 2.24) is 10.6 Å². The molecule has 1 aliphatic carbocycles. The largest absolute Gasteiger partial charge is 0.418 e. The molecule has 5 nitrogen and oxygen atoms in total. The van der Waals surface area contributed by atoms with Gasteiger partial charge in [0.15, 0.2) is 0 Å². The summed E-state index contributed by atoms with van der Waals surface area (Å²) in [5.41, 5.74) is 0. The predicted molar refractivity (Wildman–Crippen MR) is 90.1 cm³/mol.